The standard InChI is InChI=1S/C30H19ClN2O4S/c31-20-14-15-23-24(17-20)38-30(32-23)33-26(19-10-7-13-22(16-19)37-21-11-5-2-6-12-21)25(28(35)29(33)36)27(34)18-8-3-1-4-9-18/h1-17,26,34H. The number of carbonyl (C=O) groups is 2. The molecular weight excluding hydrogens is 520 g/mol. The smallest absolute Gasteiger partial charge is 0.301 e. The van der Waals surface area contributed by atoms with E-state index >= 15 is 0 Å². The summed E-state index contributed by atoms with van der Waals surface area (Å²) in [5.41, 5.74) is 1.66. The zero-order valence-electron chi connectivity index (χ0n) is 19.7. The molecule has 0 bridgehead atoms. The highest BCUT2D eigenvalue weighted by Crippen LogP contribution is 2.45. The van der Waals surface area contributed by atoms with Gasteiger partial charge in [-0.05, 0) is 48.0 Å². The molecule has 2 heterocycles. The van der Waals surface area contributed by atoms with Gasteiger partial charge in [-0.25, -0.2) is 4.98 Å². The minimum atomic E-state index is -0.925. The molecule has 1 aliphatic rings. The molecule has 1 fully saturated rings. The Morgan fingerprint density at radius 2 is 1.58 bits per heavy atom. The SMILES string of the molecule is O=C1C(=O)N(c2nc3ccc(Cl)cc3s2)C(c2cccc(Oc3ccccc3)c2)C1=C(O)c1ccccc1. The van der Waals surface area contributed by atoms with Gasteiger partial charge in [-0.1, -0.05) is 83.6 Å². The Kier molecular flexibility index (Phi) is 6.15. The van der Waals surface area contributed by atoms with Crippen LogP contribution in [0.2, 0.25) is 5.02 Å². The van der Waals surface area contributed by atoms with Gasteiger partial charge in [0.05, 0.1) is 21.8 Å². The zero-order chi connectivity index (χ0) is 26.2. The second-order valence-corrected chi connectivity index (χ2v) is 10.1. The van der Waals surface area contributed by atoms with Crippen LogP contribution in [0.5, 0.6) is 11.5 Å². The van der Waals surface area contributed by atoms with E-state index in [-0.39, 0.29) is 11.3 Å². The number of Topliss-reactive ketones (excluding diaryl/α,β-unsaturated/α-hetero) is 1. The van der Waals surface area contributed by atoms with Gasteiger partial charge in [0, 0.05) is 10.6 Å². The largest absolute Gasteiger partial charge is 0.507 e. The number of para-hydroxylation sites is 1. The van der Waals surface area contributed by atoms with Gasteiger partial charge >= 0.3 is 5.91 Å². The van der Waals surface area contributed by atoms with Crippen LogP contribution in [0, 0.1) is 0 Å². The minimum absolute atomic E-state index is 0.0182. The Hall–Kier alpha value is -4.46. The second kappa shape index (κ2) is 9.78. The molecule has 38 heavy (non-hydrogen) atoms. The molecular formula is C30H19ClN2O4S. The molecule has 4 aromatic carbocycles. The first-order valence-electron chi connectivity index (χ1n) is 11.7. The average molecular weight is 539 g/mol. The van der Waals surface area contributed by atoms with Gasteiger partial charge < -0.3 is 9.84 Å². The van der Waals surface area contributed by atoms with Crippen molar-refractivity contribution < 1.29 is 19.4 Å². The molecule has 0 aliphatic carbocycles. The van der Waals surface area contributed by atoms with Gasteiger partial charge in [0.25, 0.3) is 5.78 Å². The summed E-state index contributed by atoms with van der Waals surface area (Å²) in [6.07, 6.45) is 0. The number of nitrogens with zero attached hydrogens (tertiary/aromatic N) is 2. The summed E-state index contributed by atoms with van der Waals surface area (Å²) >= 11 is 7.42. The maximum atomic E-state index is 13.5. The summed E-state index contributed by atoms with van der Waals surface area (Å²) < 4.78 is 6.80. The summed E-state index contributed by atoms with van der Waals surface area (Å²) in [6.45, 7) is 0. The molecule has 1 aliphatic heterocycles. The molecule has 0 saturated carbocycles. The van der Waals surface area contributed by atoms with Crippen LogP contribution in [-0.2, 0) is 9.59 Å². The maximum Gasteiger partial charge on any atom is 0.301 e. The van der Waals surface area contributed by atoms with Crippen molar-refractivity contribution in [2.75, 3.05) is 4.90 Å². The number of ether oxygens (including phenoxy) is 1. The molecule has 186 valence electrons. The second-order valence-electron chi connectivity index (χ2n) is 8.63. The van der Waals surface area contributed by atoms with E-state index in [9.17, 15) is 14.7 Å². The van der Waals surface area contributed by atoms with E-state index in [1.807, 2.05) is 36.4 Å². The molecule has 5 aromatic rings. The fourth-order valence-electron chi connectivity index (χ4n) is 4.46. The van der Waals surface area contributed by atoms with E-state index in [2.05, 4.69) is 4.98 Å². The first kappa shape index (κ1) is 23.9. The number of anilines is 1. The Bertz CT molecular complexity index is 1720. The lowest BCUT2D eigenvalue weighted by molar-refractivity contribution is -0.132. The molecule has 1 amide bonds. The van der Waals surface area contributed by atoms with Crippen molar-refractivity contribution in [3.05, 3.63) is 125 Å². The molecule has 0 radical (unpaired) electrons. The van der Waals surface area contributed by atoms with Crippen LogP contribution in [0.3, 0.4) is 0 Å². The number of hydrogen-bond acceptors (Lipinski definition) is 6. The van der Waals surface area contributed by atoms with E-state index in [4.69, 9.17) is 16.3 Å². The van der Waals surface area contributed by atoms with Crippen LogP contribution < -0.4 is 9.64 Å². The molecule has 0 spiro atoms. The lowest BCUT2D eigenvalue weighted by Crippen LogP contribution is -2.29. The van der Waals surface area contributed by atoms with Crippen molar-refractivity contribution in [1.29, 1.82) is 0 Å². The van der Waals surface area contributed by atoms with Crippen LogP contribution in [0.15, 0.2) is 109 Å². The number of hydrogen-bond donors (Lipinski definition) is 1. The normalized spacial score (nSPS) is 16.8. The fourth-order valence-corrected chi connectivity index (χ4v) is 5.73. The van der Waals surface area contributed by atoms with Gasteiger partial charge in [-0.2, -0.15) is 0 Å². The number of benzene rings is 4. The van der Waals surface area contributed by atoms with Crippen LogP contribution >= 0.6 is 22.9 Å². The Morgan fingerprint density at radius 1 is 0.868 bits per heavy atom. The highest BCUT2D eigenvalue weighted by molar-refractivity contribution is 7.22. The Labute approximate surface area is 227 Å². The van der Waals surface area contributed by atoms with Crippen molar-refractivity contribution in [3.63, 3.8) is 0 Å². The monoisotopic (exact) mass is 538 g/mol. The molecule has 6 nitrogen and oxygen atoms in total. The number of halogens is 1. The number of carbonyl (C=O) groups excluding carboxylic acids is 2. The molecule has 1 aromatic heterocycles. The number of fused-ring (bicyclic) bond motifs is 1. The molecule has 1 N–H and O–H groups in total. The Balaban J connectivity index is 1.52. The Morgan fingerprint density at radius 3 is 2.34 bits per heavy atom. The van der Waals surface area contributed by atoms with E-state index in [0.29, 0.717) is 38.3 Å². The fraction of sp³-hybridized carbons (Fsp3) is 0.0333. The number of ketones is 1. The number of amides is 1. The highest BCUT2D eigenvalue weighted by Gasteiger charge is 2.48. The third-order valence-corrected chi connectivity index (χ3v) is 7.44. The first-order chi connectivity index (χ1) is 18.5. The summed E-state index contributed by atoms with van der Waals surface area (Å²) in [6, 6.07) is 29.5. The van der Waals surface area contributed by atoms with Gasteiger partial charge in [0.2, 0.25) is 0 Å². The topological polar surface area (TPSA) is 79.7 Å². The molecule has 6 rings (SSSR count). The van der Waals surface area contributed by atoms with E-state index in [1.54, 1.807) is 66.7 Å². The van der Waals surface area contributed by atoms with Gasteiger partial charge in [-0.3, -0.25) is 14.5 Å². The number of aromatic nitrogens is 1. The lowest BCUT2D eigenvalue weighted by Gasteiger charge is -2.23. The van der Waals surface area contributed by atoms with Crippen molar-refractivity contribution in [1.82, 2.24) is 4.98 Å². The highest BCUT2D eigenvalue weighted by atomic mass is 35.5. The van der Waals surface area contributed by atoms with Gasteiger partial charge in [0.15, 0.2) is 5.13 Å². The van der Waals surface area contributed by atoms with Gasteiger partial charge in [-0.15, -0.1) is 0 Å². The number of aliphatic hydroxyl groups excluding tert-OH is 1. The van der Waals surface area contributed by atoms with Crippen molar-refractivity contribution in [2.24, 2.45) is 0 Å². The van der Waals surface area contributed by atoms with Gasteiger partial charge in [0.1, 0.15) is 17.3 Å². The number of aliphatic hydroxyl groups is 1. The number of thiazole rings is 1. The molecule has 1 saturated heterocycles. The quantitative estimate of drug-likeness (QED) is 0.143. The van der Waals surface area contributed by atoms with Crippen LogP contribution in [0.1, 0.15) is 17.2 Å². The number of rotatable bonds is 5. The van der Waals surface area contributed by atoms with Crippen molar-refractivity contribution >= 4 is 55.7 Å². The van der Waals surface area contributed by atoms with Crippen LogP contribution in [0.25, 0.3) is 16.0 Å². The predicted molar refractivity (Wildman–Crippen MR) is 149 cm³/mol. The van der Waals surface area contributed by atoms with Crippen LogP contribution in [0.4, 0.5) is 5.13 Å². The molecule has 1 unspecified atom stereocenters. The van der Waals surface area contributed by atoms with E-state index in [1.165, 1.54) is 16.2 Å². The third-order valence-electron chi connectivity index (χ3n) is 6.19. The minimum Gasteiger partial charge on any atom is -0.507 e. The summed E-state index contributed by atoms with van der Waals surface area (Å²) in [4.78, 5) is 32.9. The third kappa shape index (κ3) is 4.32. The maximum absolute atomic E-state index is 13.5. The van der Waals surface area contributed by atoms with Crippen molar-refractivity contribution in [2.45, 2.75) is 6.04 Å². The molecule has 8 heteroatoms. The lowest BCUT2D eigenvalue weighted by atomic mass is 9.95. The summed E-state index contributed by atoms with van der Waals surface area (Å²) in [5.74, 6) is -0.647. The average Bonchev–Trinajstić information content (AvgIpc) is 3.47. The summed E-state index contributed by atoms with van der Waals surface area (Å²) in [5, 5.41) is 12.2. The summed E-state index contributed by atoms with van der Waals surface area (Å²) in [7, 11) is 0. The van der Waals surface area contributed by atoms with Crippen LogP contribution in [-0.4, -0.2) is 21.8 Å². The van der Waals surface area contributed by atoms with E-state index < -0.39 is 17.7 Å². The zero-order valence-corrected chi connectivity index (χ0v) is 21.3. The van der Waals surface area contributed by atoms with Crippen molar-refractivity contribution in [3.8, 4) is 11.5 Å². The predicted octanol–water partition coefficient (Wildman–Crippen LogP) is 7.37. The van der Waals surface area contributed by atoms with E-state index in [0.717, 1.165) is 4.70 Å². The molecule has 1 atom stereocenters. The first-order valence-corrected chi connectivity index (χ1v) is 12.9.